The Morgan fingerprint density at radius 1 is 1.05 bits per heavy atom. The van der Waals surface area contributed by atoms with Gasteiger partial charge in [0.1, 0.15) is 30.1 Å². The number of fused-ring (bicyclic) bond motifs is 1. The van der Waals surface area contributed by atoms with Crippen molar-refractivity contribution in [2.24, 2.45) is 5.92 Å². The molecule has 0 radical (unpaired) electrons. The Kier molecular flexibility index (Phi) is 6.83. The van der Waals surface area contributed by atoms with Gasteiger partial charge in [-0.2, -0.15) is 0 Å². The normalized spacial score (nSPS) is 19.3. The van der Waals surface area contributed by atoms with E-state index in [0.717, 1.165) is 72.2 Å². The number of nitrogens with zero attached hydrogens (tertiary/aromatic N) is 4. The Bertz CT molecular complexity index is 1410. The number of benzene rings is 2. The molecule has 1 aliphatic heterocycles. The van der Waals surface area contributed by atoms with Gasteiger partial charge in [0.2, 0.25) is 0 Å². The van der Waals surface area contributed by atoms with Crippen molar-refractivity contribution in [3.05, 3.63) is 72.7 Å². The molecule has 0 spiro atoms. The number of hydrogen-bond donors (Lipinski definition) is 2. The molecule has 9 heteroatoms. The van der Waals surface area contributed by atoms with Gasteiger partial charge in [0.05, 0.1) is 5.39 Å². The van der Waals surface area contributed by atoms with E-state index in [1.54, 1.807) is 5.06 Å². The minimum absolute atomic E-state index is 0.277. The van der Waals surface area contributed by atoms with Gasteiger partial charge in [0, 0.05) is 37.4 Å². The third-order valence-corrected chi connectivity index (χ3v) is 7.45. The lowest BCUT2D eigenvalue weighted by atomic mass is 9.80. The van der Waals surface area contributed by atoms with Crippen LogP contribution >= 0.6 is 0 Å². The standard InChI is InChI=1S/C29H32N6O3/c30-27-26-25(22-9-6-10-24(15-22)37-18-20-7-2-1-3-8-20)17-35(28(26)33-19-32-27)23-13-21(14-23)16-31-29(36)38-34-11-4-5-12-34/h1-3,6-10,15,17,19,21,23H,4-5,11-14,16,18H2,(H,31,36)(H2,30,32,33). The average Bonchev–Trinajstić information content (AvgIpc) is 3.56. The van der Waals surface area contributed by atoms with Gasteiger partial charge in [-0.25, -0.2) is 14.8 Å². The van der Waals surface area contributed by atoms with E-state index in [1.165, 1.54) is 6.33 Å². The molecule has 3 heterocycles. The second kappa shape index (κ2) is 10.7. The maximum absolute atomic E-state index is 12.1. The summed E-state index contributed by atoms with van der Waals surface area (Å²) in [7, 11) is 0. The zero-order valence-electron chi connectivity index (χ0n) is 21.3. The van der Waals surface area contributed by atoms with E-state index in [4.69, 9.17) is 15.3 Å². The van der Waals surface area contributed by atoms with E-state index in [0.29, 0.717) is 24.9 Å². The monoisotopic (exact) mass is 512 g/mol. The van der Waals surface area contributed by atoms with Crippen molar-refractivity contribution in [1.29, 1.82) is 0 Å². The smallest absolute Gasteiger partial charge is 0.426 e. The van der Waals surface area contributed by atoms with Crippen molar-refractivity contribution >= 4 is 22.9 Å². The first-order valence-corrected chi connectivity index (χ1v) is 13.2. The molecule has 2 aromatic carbocycles. The highest BCUT2D eigenvalue weighted by Gasteiger charge is 2.33. The predicted octanol–water partition coefficient (Wildman–Crippen LogP) is 4.95. The zero-order valence-corrected chi connectivity index (χ0v) is 21.3. The Morgan fingerprint density at radius 3 is 2.68 bits per heavy atom. The van der Waals surface area contributed by atoms with Crippen LogP contribution in [0, 0.1) is 5.92 Å². The lowest BCUT2D eigenvalue weighted by Gasteiger charge is -2.36. The summed E-state index contributed by atoms with van der Waals surface area (Å²) in [6, 6.07) is 18.4. The number of aromatic nitrogens is 3. The molecule has 1 saturated heterocycles. The molecular formula is C29H32N6O3. The fourth-order valence-corrected chi connectivity index (χ4v) is 5.35. The average molecular weight is 513 g/mol. The van der Waals surface area contributed by atoms with Gasteiger partial charge in [0.15, 0.2) is 0 Å². The number of anilines is 1. The number of hydrogen-bond acceptors (Lipinski definition) is 7. The number of nitrogen functional groups attached to an aromatic ring is 1. The van der Waals surface area contributed by atoms with Gasteiger partial charge in [-0.05, 0) is 54.9 Å². The summed E-state index contributed by atoms with van der Waals surface area (Å²) in [6.45, 7) is 2.73. The molecule has 196 valence electrons. The second-order valence-corrected chi connectivity index (χ2v) is 10.1. The van der Waals surface area contributed by atoms with E-state index in [2.05, 4.69) is 32.1 Å². The highest BCUT2D eigenvalue weighted by molar-refractivity contribution is 6.00. The van der Waals surface area contributed by atoms with Gasteiger partial charge in [-0.1, -0.05) is 42.5 Å². The summed E-state index contributed by atoms with van der Waals surface area (Å²) >= 11 is 0. The quantitative estimate of drug-likeness (QED) is 0.344. The molecule has 2 aliphatic rings. The van der Waals surface area contributed by atoms with Crippen LogP contribution in [-0.2, 0) is 11.4 Å². The fraction of sp³-hybridized carbons (Fsp3) is 0.345. The van der Waals surface area contributed by atoms with E-state index in [1.807, 2.05) is 48.5 Å². The number of hydroxylamine groups is 2. The third-order valence-electron chi connectivity index (χ3n) is 7.45. The van der Waals surface area contributed by atoms with E-state index in [-0.39, 0.29) is 12.1 Å². The van der Waals surface area contributed by atoms with Crippen molar-refractivity contribution in [2.45, 2.75) is 38.3 Å². The molecule has 6 rings (SSSR count). The molecule has 38 heavy (non-hydrogen) atoms. The van der Waals surface area contributed by atoms with Crippen LogP contribution < -0.4 is 15.8 Å². The van der Waals surface area contributed by atoms with Gasteiger partial charge >= 0.3 is 6.09 Å². The number of nitrogens with two attached hydrogens (primary N) is 1. The highest BCUT2D eigenvalue weighted by atomic mass is 16.7. The predicted molar refractivity (Wildman–Crippen MR) is 145 cm³/mol. The number of amides is 1. The Hall–Kier alpha value is -4.11. The summed E-state index contributed by atoms with van der Waals surface area (Å²) in [5, 5.41) is 5.50. The number of ether oxygens (including phenoxy) is 1. The van der Waals surface area contributed by atoms with Crippen LogP contribution in [0.5, 0.6) is 5.75 Å². The van der Waals surface area contributed by atoms with Crippen LogP contribution in [-0.4, -0.2) is 45.3 Å². The summed E-state index contributed by atoms with van der Waals surface area (Å²) in [4.78, 5) is 26.3. The van der Waals surface area contributed by atoms with Crippen LogP contribution in [0.4, 0.5) is 10.6 Å². The Balaban J connectivity index is 1.15. The number of nitrogens with one attached hydrogen (secondary N) is 1. The summed E-state index contributed by atoms with van der Waals surface area (Å²) in [6.07, 6.45) is 7.31. The number of rotatable bonds is 8. The van der Waals surface area contributed by atoms with Crippen molar-refractivity contribution in [3.8, 4) is 16.9 Å². The molecule has 2 aromatic heterocycles. The summed E-state index contributed by atoms with van der Waals surface area (Å²) in [5.74, 6) is 1.64. The van der Waals surface area contributed by atoms with Gasteiger partial charge < -0.3 is 25.2 Å². The lowest BCUT2D eigenvalue weighted by Crippen LogP contribution is -2.39. The summed E-state index contributed by atoms with van der Waals surface area (Å²) < 4.78 is 8.28. The molecular weight excluding hydrogens is 480 g/mol. The van der Waals surface area contributed by atoms with Crippen molar-refractivity contribution in [1.82, 2.24) is 24.9 Å². The molecule has 2 fully saturated rings. The number of carbonyl (C=O) groups is 1. The van der Waals surface area contributed by atoms with Crippen LogP contribution in [0.1, 0.15) is 37.3 Å². The largest absolute Gasteiger partial charge is 0.489 e. The van der Waals surface area contributed by atoms with Crippen LogP contribution in [0.25, 0.3) is 22.2 Å². The third kappa shape index (κ3) is 5.15. The molecule has 9 nitrogen and oxygen atoms in total. The second-order valence-electron chi connectivity index (χ2n) is 10.1. The topological polar surface area (TPSA) is 108 Å². The summed E-state index contributed by atoms with van der Waals surface area (Å²) in [5.41, 5.74) is 10.3. The zero-order chi connectivity index (χ0) is 25.9. The number of carbonyl (C=O) groups excluding carboxylic acids is 1. The molecule has 4 aromatic rings. The molecule has 0 bridgehead atoms. The first-order chi connectivity index (χ1) is 18.6. The first kappa shape index (κ1) is 24.2. The van der Waals surface area contributed by atoms with Crippen molar-refractivity contribution in [2.75, 3.05) is 25.4 Å². The van der Waals surface area contributed by atoms with E-state index in [9.17, 15) is 4.79 Å². The SMILES string of the molecule is Nc1ncnc2c1c(-c1cccc(OCc3ccccc3)c1)cn2C1CC(CNC(=O)ON2CCCC2)C1. The minimum Gasteiger partial charge on any atom is -0.489 e. The fourth-order valence-electron chi connectivity index (χ4n) is 5.35. The van der Waals surface area contributed by atoms with Crippen LogP contribution in [0.15, 0.2) is 67.1 Å². The molecule has 0 atom stereocenters. The lowest BCUT2D eigenvalue weighted by molar-refractivity contribution is -0.0810. The first-order valence-electron chi connectivity index (χ1n) is 13.2. The molecule has 3 N–H and O–H groups in total. The van der Waals surface area contributed by atoms with Crippen molar-refractivity contribution in [3.63, 3.8) is 0 Å². The maximum atomic E-state index is 12.1. The molecule has 0 unspecified atom stereocenters. The molecule has 1 aliphatic carbocycles. The van der Waals surface area contributed by atoms with Crippen LogP contribution in [0.2, 0.25) is 0 Å². The van der Waals surface area contributed by atoms with Gasteiger partial charge in [-0.15, -0.1) is 5.06 Å². The Morgan fingerprint density at radius 2 is 1.87 bits per heavy atom. The van der Waals surface area contributed by atoms with E-state index >= 15 is 0 Å². The van der Waals surface area contributed by atoms with Gasteiger partial charge in [0.25, 0.3) is 0 Å². The van der Waals surface area contributed by atoms with Crippen LogP contribution in [0.3, 0.4) is 0 Å². The van der Waals surface area contributed by atoms with Crippen molar-refractivity contribution < 1.29 is 14.4 Å². The highest BCUT2D eigenvalue weighted by Crippen LogP contribution is 2.43. The molecule has 1 saturated carbocycles. The van der Waals surface area contributed by atoms with E-state index < -0.39 is 0 Å². The maximum Gasteiger partial charge on any atom is 0.426 e. The Labute approximate surface area is 221 Å². The van der Waals surface area contributed by atoms with Gasteiger partial charge in [-0.3, -0.25) is 0 Å². The minimum atomic E-state index is -0.362. The molecule has 1 amide bonds.